The quantitative estimate of drug-likeness (QED) is 0.876. The average molecular weight is 236 g/mol. The molecule has 0 fully saturated rings. The summed E-state index contributed by atoms with van der Waals surface area (Å²) >= 11 is 0.824. The number of hydrogen-bond acceptors (Lipinski definition) is 5. The predicted molar refractivity (Wildman–Crippen MR) is 57.6 cm³/mol. The lowest BCUT2D eigenvalue weighted by molar-refractivity contribution is 0.0686. The molecule has 0 saturated heterocycles. The number of rotatable bonds is 4. The van der Waals surface area contributed by atoms with Gasteiger partial charge in [-0.2, -0.15) is 4.37 Å². The second-order valence-corrected chi connectivity index (χ2v) is 3.53. The van der Waals surface area contributed by atoms with Gasteiger partial charge in [0.2, 0.25) is 5.69 Å². The standard InChI is InChI=1S/C10H8N2O3S/c13-10(14)8-9(12-16-11-8)15-6-7-4-2-1-3-5-7/h1-5H,6H2,(H,13,14). The Morgan fingerprint density at radius 2 is 2.06 bits per heavy atom. The van der Waals surface area contributed by atoms with Gasteiger partial charge in [0.25, 0.3) is 5.88 Å². The summed E-state index contributed by atoms with van der Waals surface area (Å²) < 4.78 is 12.7. The Morgan fingerprint density at radius 1 is 1.31 bits per heavy atom. The molecule has 2 aromatic rings. The Morgan fingerprint density at radius 3 is 2.75 bits per heavy atom. The maximum atomic E-state index is 10.7. The molecule has 0 aliphatic rings. The van der Waals surface area contributed by atoms with E-state index in [2.05, 4.69) is 8.75 Å². The Bertz CT molecular complexity index is 484. The smallest absolute Gasteiger partial charge is 0.361 e. The number of nitrogens with zero attached hydrogens (tertiary/aromatic N) is 2. The van der Waals surface area contributed by atoms with Crippen LogP contribution in [0.2, 0.25) is 0 Å². The predicted octanol–water partition coefficient (Wildman–Crippen LogP) is 1.82. The van der Waals surface area contributed by atoms with E-state index in [0.29, 0.717) is 0 Å². The molecular formula is C10H8N2O3S. The van der Waals surface area contributed by atoms with E-state index < -0.39 is 5.97 Å². The minimum Gasteiger partial charge on any atom is -0.476 e. The van der Waals surface area contributed by atoms with E-state index in [1.807, 2.05) is 30.3 Å². The Kier molecular flexibility index (Phi) is 3.11. The van der Waals surface area contributed by atoms with Crippen molar-refractivity contribution in [2.24, 2.45) is 0 Å². The molecule has 6 heteroatoms. The zero-order valence-corrected chi connectivity index (χ0v) is 8.98. The first-order valence-corrected chi connectivity index (χ1v) is 5.23. The largest absolute Gasteiger partial charge is 0.476 e. The monoisotopic (exact) mass is 236 g/mol. The van der Waals surface area contributed by atoms with E-state index in [9.17, 15) is 4.79 Å². The third kappa shape index (κ3) is 2.34. The Labute approximate surface area is 95.6 Å². The molecule has 0 saturated carbocycles. The summed E-state index contributed by atoms with van der Waals surface area (Å²) in [6, 6.07) is 9.45. The van der Waals surface area contributed by atoms with Crippen molar-refractivity contribution in [2.45, 2.75) is 6.61 Å². The lowest BCUT2D eigenvalue weighted by atomic mass is 10.2. The number of carbonyl (C=O) groups is 1. The molecule has 0 unspecified atom stereocenters. The summed E-state index contributed by atoms with van der Waals surface area (Å²) in [5, 5.41) is 8.78. The van der Waals surface area contributed by atoms with Gasteiger partial charge in [0.1, 0.15) is 6.61 Å². The fraction of sp³-hybridized carbons (Fsp3) is 0.100. The van der Waals surface area contributed by atoms with Gasteiger partial charge in [-0.25, -0.2) is 4.79 Å². The molecule has 5 nitrogen and oxygen atoms in total. The first kappa shape index (κ1) is 10.6. The highest BCUT2D eigenvalue weighted by molar-refractivity contribution is 6.99. The van der Waals surface area contributed by atoms with Crippen LogP contribution in [0.5, 0.6) is 5.88 Å². The third-order valence-corrected chi connectivity index (χ3v) is 2.39. The highest BCUT2D eigenvalue weighted by Gasteiger charge is 2.16. The third-order valence-electron chi connectivity index (χ3n) is 1.88. The number of carboxylic acid groups (broad SMARTS) is 1. The van der Waals surface area contributed by atoms with Gasteiger partial charge in [-0.05, 0) is 5.56 Å². The van der Waals surface area contributed by atoms with Gasteiger partial charge in [-0.3, -0.25) is 0 Å². The van der Waals surface area contributed by atoms with Crippen molar-refractivity contribution in [3.63, 3.8) is 0 Å². The van der Waals surface area contributed by atoms with Crippen LogP contribution < -0.4 is 4.74 Å². The minimum atomic E-state index is -1.13. The van der Waals surface area contributed by atoms with E-state index in [4.69, 9.17) is 9.84 Å². The number of benzene rings is 1. The van der Waals surface area contributed by atoms with Crippen LogP contribution in [0.1, 0.15) is 16.1 Å². The summed E-state index contributed by atoms with van der Waals surface area (Å²) in [5.41, 5.74) is 0.813. The van der Waals surface area contributed by atoms with Gasteiger partial charge < -0.3 is 9.84 Å². The summed E-state index contributed by atoms with van der Waals surface area (Å²) in [4.78, 5) is 10.7. The van der Waals surface area contributed by atoms with E-state index >= 15 is 0 Å². The molecule has 1 aromatic carbocycles. The number of aromatic nitrogens is 2. The fourth-order valence-electron chi connectivity index (χ4n) is 1.13. The lowest BCUT2D eigenvalue weighted by Crippen LogP contribution is -2.02. The zero-order chi connectivity index (χ0) is 11.4. The molecule has 82 valence electrons. The van der Waals surface area contributed by atoms with Crippen molar-refractivity contribution >= 4 is 17.7 Å². The van der Waals surface area contributed by atoms with Crippen molar-refractivity contribution in [1.29, 1.82) is 0 Å². The first-order chi connectivity index (χ1) is 7.77. The molecule has 0 atom stereocenters. The Balaban J connectivity index is 2.05. The SMILES string of the molecule is O=C(O)c1nsnc1OCc1ccccc1. The van der Waals surface area contributed by atoms with Gasteiger partial charge in [-0.15, -0.1) is 4.37 Å². The van der Waals surface area contributed by atoms with Crippen LogP contribution in [0.4, 0.5) is 0 Å². The van der Waals surface area contributed by atoms with E-state index in [1.54, 1.807) is 0 Å². The van der Waals surface area contributed by atoms with Crippen molar-refractivity contribution < 1.29 is 14.6 Å². The molecule has 2 rings (SSSR count). The molecule has 0 bridgehead atoms. The van der Waals surface area contributed by atoms with Gasteiger partial charge in [0, 0.05) is 0 Å². The number of ether oxygens (including phenoxy) is 1. The van der Waals surface area contributed by atoms with Crippen LogP contribution >= 0.6 is 11.7 Å². The van der Waals surface area contributed by atoms with Gasteiger partial charge in [0.15, 0.2) is 0 Å². The molecule has 0 radical (unpaired) electrons. The van der Waals surface area contributed by atoms with E-state index in [-0.39, 0.29) is 18.2 Å². The van der Waals surface area contributed by atoms with Crippen LogP contribution in [0.25, 0.3) is 0 Å². The average Bonchev–Trinajstić information content (AvgIpc) is 2.76. The lowest BCUT2D eigenvalue weighted by Gasteiger charge is -2.02. The Hall–Kier alpha value is -1.95. The van der Waals surface area contributed by atoms with Crippen molar-refractivity contribution in [2.75, 3.05) is 0 Å². The minimum absolute atomic E-state index is 0.0707. The van der Waals surface area contributed by atoms with Gasteiger partial charge in [0.05, 0.1) is 11.7 Å². The molecule has 1 N–H and O–H groups in total. The van der Waals surface area contributed by atoms with Crippen molar-refractivity contribution in [1.82, 2.24) is 8.75 Å². The van der Waals surface area contributed by atoms with Crippen LogP contribution in [-0.2, 0) is 6.61 Å². The van der Waals surface area contributed by atoms with Crippen LogP contribution in [0, 0.1) is 0 Å². The summed E-state index contributed by atoms with van der Waals surface area (Å²) in [6.45, 7) is 0.284. The zero-order valence-electron chi connectivity index (χ0n) is 8.16. The molecule has 0 aliphatic carbocycles. The highest BCUT2D eigenvalue weighted by Crippen LogP contribution is 2.16. The summed E-state index contributed by atoms with van der Waals surface area (Å²) in [7, 11) is 0. The summed E-state index contributed by atoms with van der Waals surface area (Å²) in [6.07, 6.45) is 0. The van der Waals surface area contributed by atoms with Crippen molar-refractivity contribution in [3.05, 3.63) is 41.6 Å². The number of aromatic carboxylic acids is 1. The molecule has 0 aliphatic heterocycles. The fourth-order valence-corrected chi connectivity index (χ4v) is 1.62. The second kappa shape index (κ2) is 4.71. The molecular weight excluding hydrogens is 228 g/mol. The van der Waals surface area contributed by atoms with Crippen molar-refractivity contribution in [3.8, 4) is 5.88 Å². The molecule has 1 aromatic heterocycles. The maximum Gasteiger partial charge on any atom is 0.361 e. The number of carboxylic acids is 1. The van der Waals surface area contributed by atoms with Gasteiger partial charge >= 0.3 is 5.97 Å². The molecule has 0 amide bonds. The van der Waals surface area contributed by atoms with Crippen LogP contribution in [0.3, 0.4) is 0 Å². The normalized spacial score (nSPS) is 10.0. The highest BCUT2D eigenvalue weighted by atomic mass is 32.1. The topological polar surface area (TPSA) is 72.3 Å². The summed E-state index contributed by atoms with van der Waals surface area (Å²) in [5.74, 6) is -1.06. The first-order valence-electron chi connectivity index (χ1n) is 4.50. The van der Waals surface area contributed by atoms with Crippen LogP contribution in [0.15, 0.2) is 30.3 Å². The maximum absolute atomic E-state index is 10.7. The van der Waals surface area contributed by atoms with Gasteiger partial charge in [-0.1, -0.05) is 30.3 Å². The number of hydrogen-bond donors (Lipinski definition) is 1. The molecule has 0 spiro atoms. The van der Waals surface area contributed by atoms with E-state index in [0.717, 1.165) is 17.3 Å². The molecule has 16 heavy (non-hydrogen) atoms. The van der Waals surface area contributed by atoms with Crippen LogP contribution in [-0.4, -0.2) is 19.8 Å². The van der Waals surface area contributed by atoms with E-state index in [1.165, 1.54) is 0 Å². The molecule has 1 heterocycles. The second-order valence-electron chi connectivity index (χ2n) is 3.00.